The van der Waals surface area contributed by atoms with E-state index in [0.717, 1.165) is 16.3 Å². The molecule has 7 heteroatoms. The van der Waals surface area contributed by atoms with E-state index in [1.54, 1.807) is 38.5 Å². The fourth-order valence-corrected chi connectivity index (χ4v) is 3.22. The van der Waals surface area contributed by atoms with E-state index in [9.17, 15) is 4.79 Å². The van der Waals surface area contributed by atoms with Gasteiger partial charge < -0.3 is 19.9 Å². The molecule has 0 radical (unpaired) electrons. The Kier molecular flexibility index (Phi) is 5.38. The standard InChI is InChI=1S/C19H18N2O4S/c1-23-16-8-7-12(9-17(16)24-2)19-21-13(11-26-19)10-25-15-6-4-3-5-14(15)18(20)22/h3-9,11H,10H2,1-2H3,(H2,20,22). The maximum Gasteiger partial charge on any atom is 0.252 e. The van der Waals surface area contributed by atoms with E-state index in [4.69, 9.17) is 19.9 Å². The number of para-hydroxylation sites is 1. The van der Waals surface area contributed by atoms with Crippen molar-refractivity contribution in [3.8, 4) is 27.8 Å². The number of thiazole rings is 1. The van der Waals surface area contributed by atoms with Crippen LogP contribution in [0.15, 0.2) is 47.8 Å². The zero-order chi connectivity index (χ0) is 18.5. The van der Waals surface area contributed by atoms with Gasteiger partial charge in [-0.3, -0.25) is 4.79 Å². The summed E-state index contributed by atoms with van der Waals surface area (Å²) in [6.45, 7) is 0.244. The number of aromatic nitrogens is 1. The zero-order valence-electron chi connectivity index (χ0n) is 14.4. The number of nitrogens with two attached hydrogens (primary N) is 1. The molecule has 0 atom stereocenters. The molecule has 0 spiro atoms. The summed E-state index contributed by atoms with van der Waals surface area (Å²) in [6.07, 6.45) is 0. The first-order chi connectivity index (χ1) is 12.6. The maximum atomic E-state index is 11.4. The molecule has 134 valence electrons. The Morgan fingerprint density at radius 3 is 2.58 bits per heavy atom. The molecule has 0 aliphatic heterocycles. The van der Waals surface area contributed by atoms with Gasteiger partial charge in [0.15, 0.2) is 11.5 Å². The van der Waals surface area contributed by atoms with Crippen LogP contribution in [-0.4, -0.2) is 25.1 Å². The molecule has 0 unspecified atom stereocenters. The molecule has 1 heterocycles. The number of methoxy groups -OCH3 is 2. The number of hydrogen-bond donors (Lipinski definition) is 1. The van der Waals surface area contributed by atoms with Crippen molar-refractivity contribution in [2.75, 3.05) is 14.2 Å². The van der Waals surface area contributed by atoms with Crippen molar-refractivity contribution in [2.24, 2.45) is 5.73 Å². The molecule has 0 fully saturated rings. The highest BCUT2D eigenvalue weighted by atomic mass is 32.1. The van der Waals surface area contributed by atoms with Crippen molar-refractivity contribution in [2.45, 2.75) is 6.61 Å². The first-order valence-electron chi connectivity index (χ1n) is 7.80. The number of nitrogens with zero attached hydrogens (tertiary/aromatic N) is 1. The summed E-state index contributed by atoms with van der Waals surface area (Å²) < 4.78 is 16.3. The number of rotatable bonds is 7. The van der Waals surface area contributed by atoms with Crippen LogP contribution in [0.25, 0.3) is 10.6 Å². The Morgan fingerprint density at radius 1 is 1.08 bits per heavy atom. The largest absolute Gasteiger partial charge is 0.493 e. The summed E-state index contributed by atoms with van der Waals surface area (Å²) in [5.41, 5.74) is 7.40. The predicted octanol–water partition coefficient (Wildman–Crippen LogP) is 3.51. The lowest BCUT2D eigenvalue weighted by Crippen LogP contribution is -2.12. The van der Waals surface area contributed by atoms with Gasteiger partial charge in [-0.25, -0.2) is 4.98 Å². The van der Waals surface area contributed by atoms with Gasteiger partial charge in [0.1, 0.15) is 17.4 Å². The van der Waals surface area contributed by atoms with Gasteiger partial charge in [0.25, 0.3) is 5.91 Å². The van der Waals surface area contributed by atoms with Crippen LogP contribution in [0.4, 0.5) is 0 Å². The fraction of sp³-hybridized carbons (Fsp3) is 0.158. The molecular weight excluding hydrogens is 352 g/mol. The van der Waals surface area contributed by atoms with Gasteiger partial charge in [0, 0.05) is 10.9 Å². The van der Waals surface area contributed by atoms with Crippen molar-refractivity contribution >= 4 is 17.2 Å². The van der Waals surface area contributed by atoms with E-state index in [1.807, 2.05) is 23.6 Å². The quantitative estimate of drug-likeness (QED) is 0.688. The smallest absolute Gasteiger partial charge is 0.252 e. The van der Waals surface area contributed by atoms with E-state index in [1.165, 1.54) is 11.3 Å². The highest BCUT2D eigenvalue weighted by molar-refractivity contribution is 7.13. The van der Waals surface area contributed by atoms with Crippen LogP contribution in [0.3, 0.4) is 0 Å². The molecule has 26 heavy (non-hydrogen) atoms. The van der Waals surface area contributed by atoms with Crippen molar-refractivity contribution in [3.63, 3.8) is 0 Å². The number of hydrogen-bond acceptors (Lipinski definition) is 6. The van der Waals surface area contributed by atoms with Crippen LogP contribution >= 0.6 is 11.3 Å². The maximum absolute atomic E-state index is 11.4. The highest BCUT2D eigenvalue weighted by Crippen LogP contribution is 2.33. The molecule has 0 saturated carbocycles. The van der Waals surface area contributed by atoms with Crippen molar-refractivity contribution in [1.82, 2.24) is 4.98 Å². The van der Waals surface area contributed by atoms with Crippen molar-refractivity contribution in [1.29, 1.82) is 0 Å². The first-order valence-corrected chi connectivity index (χ1v) is 8.68. The van der Waals surface area contributed by atoms with Gasteiger partial charge in [-0.15, -0.1) is 11.3 Å². The van der Waals surface area contributed by atoms with Gasteiger partial charge in [0.2, 0.25) is 0 Å². The minimum atomic E-state index is -0.523. The summed E-state index contributed by atoms with van der Waals surface area (Å²) in [5.74, 6) is 1.23. The number of amides is 1. The van der Waals surface area contributed by atoms with E-state index in [0.29, 0.717) is 22.8 Å². The normalized spacial score (nSPS) is 10.4. The van der Waals surface area contributed by atoms with Crippen LogP contribution in [0.2, 0.25) is 0 Å². The van der Waals surface area contributed by atoms with Crippen LogP contribution in [0.5, 0.6) is 17.2 Å². The molecule has 0 saturated heterocycles. The second-order valence-electron chi connectivity index (χ2n) is 5.36. The molecule has 1 amide bonds. The Labute approximate surface area is 155 Å². The average Bonchev–Trinajstić information content (AvgIpc) is 3.15. The molecule has 1 aromatic heterocycles. The Balaban J connectivity index is 1.76. The lowest BCUT2D eigenvalue weighted by Gasteiger charge is -2.08. The molecule has 6 nitrogen and oxygen atoms in total. The van der Waals surface area contributed by atoms with Crippen LogP contribution < -0.4 is 19.9 Å². The summed E-state index contributed by atoms with van der Waals surface area (Å²) in [4.78, 5) is 16.0. The Hall–Kier alpha value is -3.06. The minimum Gasteiger partial charge on any atom is -0.493 e. The second-order valence-corrected chi connectivity index (χ2v) is 6.22. The zero-order valence-corrected chi connectivity index (χ0v) is 15.2. The topological polar surface area (TPSA) is 83.7 Å². The average molecular weight is 370 g/mol. The summed E-state index contributed by atoms with van der Waals surface area (Å²) in [5, 5.41) is 2.76. The lowest BCUT2D eigenvalue weighted by molar-refractivity contribution is 0.0996. The summed E-state index contributed by atoms with van der Waals surface area (Å²) in [7, 11) is 3.19. The van der Waals surface area contributed by atoms with Gasteiger partial charge in [0.05, 0.1) is 25.5 Å². The third kappa shape index (κ3) is 3.78. The fourth-order valence-electron chi connectivity index (χ4n) is 2.42. The lowest BCUT2D eigenvalue weighted by atomic mass is 10.2. The van der Waals surface area contributed by atoms with Crippen LogP contribution in [0.1, 0.15) is 16.1 Å². The molecule has 2 N–H and O–H groups in total. The van der Waals surface area contributed by atoms with Crippen molar-refractivity contribution in [3.05, 3.63) is 59.1 Å². The SMILES string of the molecule is COc1ccc(-c2nc(COc3ccccc3C(N)=O)cs2)cc1OC. The number of primary amides is 1. The number of carbonyl (C=O) groups excluding carboxylic acids is 1. The monoisotopic (exact) mass is 370 g/mol. The molecule has 0 aliphatic carbocycles. The summed E-state index contributed by atoms with van der Waals surface area (Å²) >= 11 is 1.50. The molecule has 3 aromatic rings. The Bertz CT molecular complexity index is 923. The Morgan fingerprint density at radius 2 is 1.85 bits per heavy atom. The van der Waals surface area contributed by atoms with Crippen LogP contribution in [0, 0.1) is 0 Å². The van der Waals surface area contributed by atoms with E-state index >= 15 is 0 Å². The molecule has 0 bridgehead atoms. The molecule has 0 aliphatic rings. The van der Waals surface area contributed by atoms with E-state index in [2.05, 4.69) is 4.98 Å². The number of ether oxygens (including phenoxy) is 3. The van der Waals surface area contributed by atoms with Gasteiger partial charge in [-0.1, -0.05) is 12.1 Å². The molecule has 3 rings (SSSR count). The third-order valence-electron chi connectivity index (χ3n) is 3.71. The predicted molar refractivity (Wildman–Crippen MR) is 99.9 cm³/mol. The van der Waals surface area contributed by atoms with E-state index in [-0.39, 0.29) is 6.61 Å². The minimum absolute atomic E-state index is 0.244. The van der Waals surface area contributed by atoms with Gasteiger partial charge in [-0.05, 0) is 30.3 Å². The highest BCUT2D eigenvalue weighted by Gasteiger charge is 2.12. The number of benzene rings is 2. The third-order valence-corrected chi connectivity index (χ3v) is 4.65. The molecule has 2 aromatic carbocycles. The van der Waals surface area contributed by atoms with Crippen molar-refractivity contribution < 1.29 is 19.0 Å². The summed E-state index contributed by atoms with van der Waals surface area (Å²) in [6, 6.07) is 12.5. The van der Waals surface area contributed by atoms with E-state index < -0.39 is 5.91 Å². The second kappa shape index (κ2) is 7.88. The van der Waals surface area contributed by atoms with Gasteiger partial charge in [-0.2, -0.15) is 0 Å². The molecular formula is C19H18N2O4S. The first kappa shape index (κ1) is 17.8. The van der Waals surface area contributed by atoms with Crippen LogP contribution in [-0.2, 0) is 6.61 Å². The van der Waals surface area contributed by atoms with Gasteiger partial charge >= 0.3 is 0 Å². The number of carbonyl (C=O) groups is 1.